The average Bonchev–Trinajstić information content (AvgIpc) is 2.95. The number of benzene rings is 2. The molecule has 2 aliphatic heterocycles. The third-order valence-corrected chi connectivity index (χ3v) is 7.14. The van der Waals surface area contributed by atoms with E-state index in [0.717, 1.165) is 51.9 Å². The van der Waals surface area contributed by atoms with Crippen LogP contribution in [0.25, 0.3) is 0 Å². The van der Waals surface area contributed by atoms with Crippen LogP contribution in [0.3, 0.4) is 0 Å². The first-order chi connectivity index (χ1) is 18.5. The van der Waals surface area contributed by atoms with Crippen molar-refractivity contribution in [3.05, 3.63) is 47.0 Å². The Morgan fingerprint density at radius 1 is 0.921 bits per heavy atom. The summed E-state index contributed by atoms with van der Waals surface area (Å²) in [5.74, 6) is 1.32. The Bertz CT molecular complexity index is 1260. The third kappa shape index (κ3) is 5.85. The molecule has 1 aromatic heterocycles. The molecule has 0 spiro atoms. The van der Waals surface area contributed by atoms with E-state index in [0.29, 0.717) is 34.2 Å². The number of phenolic OH excluding ortho intramolecular Hbond substituents is 1. The third-order valence-electron chi connectivity index (χ3n) is 6.83. The number of hydrogen-bond acceptors (Lipinski definition) is 9. The predicted molar refractivity (Wildman–Crippen MR) is 149 cm³/mol. The minimum Gasteiger partial charge on any atom is -0.504 e. The Kier molecular flexibility index (Phi) is 7.97. The summed E-state index contributed by atoms with van der Waals surface area (Å²) >= 11 is 6.52. The van der Waals surface area contributed by atoms with Gasteiger partial charge in [0, 0.05) is 31.9 Å². The molecular formula is C27H32ClN7O3. The van der Waals surface area contributed by atoms with Crippen molar-refractivity contribution in [1.82, 2.24) is 15.0 Å². The van der Waals surface area contributed by atoms with Crippen LogP contribution in [0.4, 0.5) is 29.2 Å². The van der Waals surface area contributed by atoms with Gasteiger partial charge in [0.25, 0.3) is 5.91 Å². The number of rotatable bonds is 7. The SMILES string of the molecule is COc1cccc(C(=O)Nc2ccc(Nc3nc(N4CCCCC4)nc(N4CCCCC4)n3)cc2Cl)c1O. The molecule has 0 unspecified atom stereocenters. The van der Waals surface area contributed by atoms with Gasteiger partial charge in [-0.05, 0) is 68.9 Å². The van der Waals surface area contributed by atoms with E-state index in [9.17, 15) is 9.90 Å². The van der Waals surface area contributed by atoms with Crippen LogP contribution in [0.2, 0.25) is 5.02 Å². The smallest absolute Gasteiger partial charge is 0.259 e. The van der Waals surface area contributed by atoms with Gasteiger partial charge in [-0.3, -0.25) is 4.79 Å². The lowest BCUT2D eigenvalue weighted by Crippen LogP contribution is -2.34. The largest absolute Gasteiger partial charge is 0.504 e. The molecule has 0 bridgehead atoms. The van der Waals surface area contributed by atoms with Crippen LogP contribution in [0, 0.1) is 0 Å². The van der Waals surface area contributed by atoms with Crippen molar-refractivity contribution in [3.8, 4) is 11.5 Å². The maximum absolute atomic E-state index is 12.8. The molecule has 11 heteroatoms. The van der Waals surface area contributed by atoms with Crippen molar-refractivity contribution in [2.45, 2.75) is 38.5 Å². The summed E-state index contributed by atoms with van der Waals surface area (Å²) in [6, 6.07) is 9.91. The van der Waals surface area contributed by atoms with E-state index < -0.39 is 5.91 Å². The number of anilines is 5. The number of aromatic hydroxyl groups is 1. The first kappa shape index (κ1) is 25.8. The van der Waals surface area contributed by atoms with E-state index in [1.54, 1.807) is 30.3 Å². The lowest BCUT2D eigenvalue weighted by molar-refractivity contribution is 0.102. The number of nitrogens with one attached hydrogen (secondary N) is 2. The van der Waals surface area contributed by atoms with Gasteiger partial charge < -0.3 is 30.3 Å². The molecule has 3 heterocycles. The summed E-state index contributed by atoms with van der Waals surface area (Å²) in [6.07, 6.45) is 6.97. The molecule has 0 aliphatic carbocycles. The Balaban J connectivity index is 1.36. The highest BCUT2D eigenvalue weighted by molar-refractivity contribution is 6.34. The van der Waals surface area contributed by atoms with E-state index in [1.807, 2.05) is 0 Å². The van der Waals surface area contributed by atoms with E-state index in [1.165, 1.54) is 26.0 Å². The van der Waals surface area contributed by atoms with Crippen LogP contribution in [-0.2, 0) is 0 Å². The van der Waals surface area contributed by atoms with E-state index in [-0.39, 0.29) is 17.1 Å². The summed E-state index contributed by atoms with van der Waals surface area (Å²) in [4.78, 5) is 31.5. The van der Waals surface area contributed by atoms with Crippen molar-refractivity contribution < 1.29 is 14.6 Å². The lowest BCUT2D eigenvalue weighted by Gasteiger charge is -2.30. The van der Waals surface area contributed by atoms with Gasteiger partial charge in [-0.15, -0.1) is 0 Å². The maximum atomic E-state index is 12.8. The molecule has 2 aliphatic rings. The fourth-order valence-corrected chi connectivity index (χ4v) is 4.99. The number of amides is 1. The monoisotopic (exact) mass is 537 g/mol. The highest BCUT2D eigenvalue weighted by Gasteiger charge is 2.21. The number of hydrogen-bond donors (Lipinski definition) is 3. The van der Waals surface area contributed by atoms with Crippen LogP contribution >= 0.6 is 11.6 Å². The zero-order valence-corrected chi connectivity index (χ0v) is 22.2. The van der Waals surface area contributed by atoms with Gasteiger partial charge in [0.2, 0.25) is 17.8 Å². The number of methoxy groups -OCH3 is 1. The van der Waals surface area contributed by atoms with Crippen molar-refractivity contribution in [1.29, 1.82) is 0 Å². The fraction of sp³-hybridized carbons (Fsp3) is 0.407. The molecule has 1 amide bonds. The summed E-state index contributed by atoms with van der Waals surface area (Å²) in [5.41, 5.74) is 1.17. The molecule has 2 fully saturated rings. The molecule has 0 radical (unpaired) electrons. The molecular weight excluding hydrogens is 506 g/mol. The van der Waals surface area contributed by atoms with Crippen LogP contribution in [-0.4, -0.2) is 59.3 Å². The second-order valence-electron chi connectivity index (χ2n) is 9.48. The molecule has 2 saturated heterocycles. The standard InChI is InChI=1S/C27H32ClN7O3/c1-38-22-10-8-9-19(23(22)36)24(37)30-21-12-11-18(17-20(21)28)29-25-31-26(34-13-4-2-5-14-34)33-27(32-25)35-15-6-3-7-16-35/h8-12,17,36H,2-7,13-16H2,1H3,(H,30,37)(H,29,31,32,33). The second kappa shape index (κ2) is 11.7. The first-order valence-corrected chi connectivity index (χ1v) is 13.4. The Labute approximate surface area is 227 Å². The number of nitrogens with zero attached hydrogens (tertiary/aromatic N) is 5. The summed E-state index contributed by atoms with van der Waals surface area (Å²) < 4.78 is 5.09. The summed E-state index contributed by atoms with van der Waals surface area (Å²) in [7, 11) is 1.43. The average molecular weight is 538 g/mol. The number of piperidine rings is 2. The minimum absolute atomic E-state index is 0.0864. The van der Waals surface area contributed by atoms with Gasteiger partial charge in [-0.1, -0.05) is 17.7 Å². The van der Waals surface area contributed by atoms with Crippen LogP contribution in [0.15, 0.2) is 36.4 Å². The normalized spacial score (nSPS) is 15.7. The predicted octanol–water partition coefficient (Wildman–Crippen LogP) is 5.22. The lowest BCUT2D eigenvalue weighted by atomic mass is 10.1. The molecule has 2 aromatic carbocycles. The van der Waals surface area contributed by atoms with Gasteiger partial charge in [0.05, 0.1) is 23.4 Å². The first-order valence-electron chi connectivity index (χ1n) is 13.0. The molecule has 5 rings (SSSR count). The topological polar surface area (TPSA) is 116 Å². The number of ether oxygens (including phenoxy) is 1. The quantitative estimate of drug-likeness (QED) is 0.373. The fourth-order valence-electron chi connectivity index (χ4n) is 4.76. The summed E-state index contributed by atoms with van der Waals surface area (Å²) in [6.45, 7) is 3.75. The maximum Gasteiger partial charge on any atom is 0.259 e. The van der Waals surface area contributed by atoms with Crippen molar-refractivity contribution in [3.63, 3.8) is 0 Å². The number of carbonyl (C=O) groups is 1. The van der Waals surface area contributed by atoms with E-state index in [2.05, 4.69) is 20.4 Å². The van der Waals surface area contributed by atoms with Crippen LogP contribution in [0.1, 0.15) is 48.9 Å². The van der Waals surface area contributed by atoms with Crippen molar-refractivity contribution >= 4 is 46.7 Å². The van der Waals surface area contributed by atoms with Crippen molar-refractivity contribution in [2.24, 2.45) is 0 Å². The summed E-state index contributed by atoms with van der Waals surface area (Å²) in [5, 5.41) is 16.6. The van der Waals surface area contributed by atoms with Crippen molar-refractivity contribution in [2.75, 3.05) is 53.7 Å². The molecule has 3 N–H and O–H groups in total. The second-order valence-corrected chi connectivity index (χ2v) is 9.89. The van der Waals surface area contributed by atoms with Gasteiger partial charge in [-0.25, -0.2) is 0 Å². The van der Waals surface area contributed by atoms with Gasteiger partial charge in [0.15, 0.2) is 11.5 Å². The number of para-hydroxylation sites is 1. The molecule has 0 saturated carbocycles. The Morgan fingerprint density at radius 3 is 2.13 bits per heavy atom. The van der Waals surface area contributed by atoms with Gasteiger partial charge >= 0.3 is 0 Å². The molecule has 10 nitrogen and oxygen atoms in total. The van der Waals surface area contributed by atoms with E-state index >= 15 is 0 Å². The highest BCUT2D eigenvalue weighted by Crippen LogP contribution is 2.32. The highest BCUT2D eigenvalue weighted by atomic mass is 35.5. The number of carbonyl (C=O) groups excluding carboxylic acids is 1. The number of halogens is 1. The Hall–Kier alpha value is -3.79. The van der Waals surface area contributed by atoms with Gasteiger partial charge in [0.1, 0.15) is 0 Å². The Morgan fingerprint density at radius 2 is 1.55 bits per heavy atom. The van der Waals surface area contributed by atoms with Gasteiger partial charge in [-0.2, -0.15) is 15.0 Å². The zero-order chi connectivity index (χ0) is 26.5. The molecule has 0 atom stereocenters. The van der Waals surface area contributed by atoms with E-state index in [4.69, 9.17) is 31.3 Å². The van der Waals surface area contributed by atoms with Crippen LogP contribution < -0.4 is 25.2 Å². The molecule has 3 aromatic rings. The minimum atomic E-state index is -0.501. The zero-order valence-electron chi connectivity index (χ0n) is 21.4. The number of aromatic nitrogens is 3. The molecule has 38 heavy (non-hydrogen) atoms. The number of phenols is 1. The van der Waals surface area contributed by atoms with Crippen LogP contribution in [0.5, 0.6) is 11.5 Å². The molecule has 200 valence electrons.